The van der Waals surface area contributed by atoms with Gasteiger partial charge < -0.3 is 0 Å². The molecule has 2 heterocycles. The van der Waals surface area contributed by atoms with Gasteiger partial charge in [0, 0.05) is 37.3 Å². The quantitative estimate of drug-likeness (QED) is 0.886. The van der Waals surface area contributed by atoms with Crippen LogP contribution >= 0.6 is 0 Å². The molecule has 2 aromatic rings. The summed E-state index contributed by atoms with van der Waals surface area (Å²) in [6, 6.07) is 6.66. The number of nitrogens with zero attached hydrogens (tertiary/aromatic N) is 5. The number of tetrazole rings is 1. The molecule has 0 unspecified atom stereocenters. The Bertz CT molecular complexity index is 790. The number of aromatic nitrogens is 4. The highest BCUT2D eigenvalue weighted by Gasteiger charge is 2.32. The zero-order chi connectivity index (χ0) is 17.4. The van der Waals surface area contributed by atoms with Gasteiger partial charge in [-0.25, -0.2) is 8.42 Å². The average molecular weight is 350 g/mol. The predicted octanol–water partition coefficient (Wildman–Crippen LogP) is 0.971. The lowest BCUT2D eigenvalue weighted by atomic mass is 10.1. The van der Waals surface area contributed by atoms with Crippen molar-refractivity contribution in [1.29, 1.82) is 0 Å². The molecule has 1 aromatic heterocycles. The van der Waals surface area contributed by atoms with Crippen molar-refractivity contribution < 1.29 is 8.42 Å². The van der Waals surface area contributed by atoms with E-state index >= 15 is 0 Å². The van der Waals surface area contributed by atoms with Crippen molar-refractivity contribution in [1.82, 2.24) is 29.8 Å². The van der Waals surface area contributed by atoms with Crippen molar-refractivity contribution in [2.75, 3.05) is 26.2 Å². The van der Waals surface area contributed by atoms with Gasteiger partial charge in [0.2, 0.25) is 15.8 Å². The van der Waals surface area contributed by atoms with Crippen LogP contribution in [0.3, 0.4) is 0 Å². The van der Waals surface area contributed by atoms with Gasteiger partial charge in [0.15, 0.2) is 0 Å². The maximum Gasteiger partial charge on any atom is 0.243 e. The van der Waals surface area contributed by atoms with Crippen LogP contribution in [-0.2, 0) is 10.0 Å². The van der Waals surface area contributed by atoms with Gasteiger partial charge in [0.1, 0.15) is 0 Å². The number of sulfonamides is 1. The van der Waals surface area contributed by atoms with Crippen LogP contribution in [0.1, 0.15) is 20.8 Å². The van der Waals surface area contributed by atoms with Gasteiger partial charge in [0.25, 0.3) is 0 Å². The van der Waals surface area contributed by atoms with Crippen LogP contribution < -0.4 is 0 Å². The van der Waals surface area contributed by atoms with Crippen LogP contribution in [0.5, 0.6) is 0 Å². The normalized spacial score (nSPS) is 18.0. The van der Waals surface area contributed by atoms with Crippen molar-refractivity contribution in [3.8, 4) is 11.4 Å². The monoisotopic (exact) mass is 350 g/mol. The van der Waals surface area contributed by atoms with E-state index in [-0.39, 0.29) is 10.4 Å². The van der Waals surface area contributed by atoms with Gasteiger partial charge in [0.05, 0.1) is 4.90 Å². The second-order valence-corrected chi connectivity index (χ2v) is 8.76. The summed E-state index contributed by atoms with van der Waals surface area (Å²) in [7, 11) is -3.52. The highest BCUT2D eigenvalue weighted by molar-refractivity contribution is 7.89. The van der Waals surface area contributed by atoms with E-state index in [2.05, 4.69) is 46.3 Å². The molecule has 0 amide bonds. The van der Waals surface area contributed by atoms with E-state index in [1.807, 2.05) is 0 Å². The second-order valence-electron chi connectivity index (χ2n) is 6.83. The first-order valence-electron chi connectivity index (χ1n) is 7.87. The molecular formula is C15H22N6O2S. The van der Waals surface area contributed by atoms with Crippen molar-refractivity contribution >= 4 is 10.0 Å². The minimum Gasteiger partial charge on any atom is -0.296 e. The molecule has 0 aliphatic carbocycles. The third kappa shape index (κ3) is 3.33. The molecule has 130 valence electrons. The van der Waals surface area contributed by atoms with E-state index in [0.717, 1.165) is 13.1 Å². The Morgan fingerprint density at radius 3 is 2.42 bits per heavy atom. The molecule has 24 heavy (non-hydrogen) atoms. The standard InChI is InChI=1S/C15H22N6O2S/c1-15(2,3)20-7-9-21(10-8-20)24(22,23)13-6-4-5-12(11-13)14-16-18-19-17-14/h4-6,11H,7-10H2,1-3H3,(H,16,17,18,19). The molecule has 9 heteroatoms. The third-order valence-corrected chi connectivity index (χ3v) is 6.16. The molecule has 1 aromatic carbocycles. The van der Waals surface area contributed by atoms with Crippen molar-refractivity contribution in [3.63, 3.8) is 0 Å². The molecule has 1 aliphatic rings. The SMILES string of the molecule is CC(C)(C)N1CCN(S(=O)(=O)c2cccc(-c3nn[nH]n3)c2)CC1. The minimum atomic E-state index is -3.52. The first-order chi connectivity index (χ1) is 11.3. The summed E-state index contributed by atoms with van der Waals surface area (Å²) in [6.45, 7) is 8.88. The number of piperazine rings is 1. The highest BCUT2D eigenvalue weighted by Crippen LogP contribution is 2.24. The number of benzene rings is 1. The zero-order valence-corrected chi connectivity index (χ0v) is 14.9. The number of rotatable bonds is 3. The largest absolute Gasteiger partial charge is 0.296 e. The van der Waals surface area contributed by atoms with E-state index in [1.165, 1.54) is 0 Å². The zero-order valence-electron chi connectivity index (χ0n) is 14.1. The molecule has 0 saturated carbocycles. The summed E-state index contributed by atoms with van der Waals surface area (Å²) < 4.78 is 27.4. The molecule has 3 rings (SSSR count). The van der Waals surface area contributed by atoms with Crippen molar-refractivity contribution in [2.24, 2.45) is 0 Å². The van der Waals surface area contributed by atoms with E-state index < -0.39 is 10.0 Å². The highest BCUT2D eigenvalue weighted by atomic mass is 32.2. The summed E-state index contributed by atoms with van der Waals surface area (Å²) in [4.78, 5) is 2.56. The summed E-state index contributed by atoms with van der Waals surface area (Å²) in [5.41, 5.74) is 0.673. The molecule has 0 spiro atoms. The molecule has 1 aliphatic heterocycles. The summed E-state index contributed by atoms with van der Waals surface area (Å²) in [5.74, 6) is 0.379. The number of hydrogen-bond acceptors (Lipinski definition) is 6. The Morgan fingerprint density at radius 2 is 1.83 bits per heavy atom. The number of nitrogens with one attached hydrogen (secondary N) is 1. The lowest BCUT2D eigenvalue weighted by molar-refractivity contribution is 0.0922. The van der Waals surface area contributed by atoms with Gasteiger partial charge in [-0.2, -0.15) is 9.52 Å². The fraction of sp³-hybridized carbons (Fsp3) is 0.533. The maximum atomic E-state index is 12.9. The van der Waals surface area contributed by atoms with Crippen LogP contribution in [0.25, 0.3) is 11.4 Å². The molecule has 8 nitrogen and oxygen atoms in total. The fourth-order valence-electron chi connectivity index (χ4n) is 2.83. The number of H-pyrrole nitrogens is 1. The van der Waals surface area contributed by atoms with Gasteiger partial charge >= 0.3 is 0 Å². The van der Waals surface area contributed by atoms with Crippen molar-refractivity contribution in [2.45, 2.75) is 31.2 Å². The maximum absolute atomic E-state index is 12.9. The number of aromatic amines is 1. The van der Waals surface area contributed by atoms with Crippen LogP contribution in [0.15, 0.2) is 29.2 Å². The first kappa shape index (κ1) is 17.0. The Hall–Kier alpha value is -1.84. The Kier molecular flexibility index (Phi) is 4.41. The fourth-order valence-corrected chi connectivity index (χ4v) is 4.30. The Morgan fingerprint density at radius 1 is 1.12 bits per heavy atom. The van der Waals surface area contributed by atoms with Gasteiger partial charge in [-0.05, 0) is 38.1 Å². The molecular weight excluding hydrogens is 328 g/mol. The topological polar surface area (TPSA) is 95.1 Å². The lowest BCUT2D eigenvalue weighted by Gasteiger charge is -2.41. The molecule has 0 radical (unpaired) electrons. The predicted molar refractivity (Wildman–Crippen MR) is 89.7 cm³/mol. The first-order valence-corrected chi connectivity index (χ1v) is 9.31. The van der Waals surface area contributed by atoms with E-state index in [4.69, 9.17) is 0 Å². The molecule has 1 fully saturated rings. The van der Waals surface area contributed by atoms with Gasteiger partial charge in [-0.3, -0.25) is 4.90 Å². The minimum absolute atomic E-state index is 0.0500. The van der Waals surface area contributed by atoms with Crippen LogP contribution in [-0.4, -0.2) is 70.0 Å². The van der Waals surface area contributed by atoms with E-state index in [9.17, 15) is 8.42 Å². The van der Waals surface area contributed by atoms with Gasteiger partial charge in [-0.1, -0.05) is 12.1 Å². The summed E-state index contributed by atoms with van der Waals surface area (Å²) in [6.07, 6.45) is 0. The molecule has 1 saturated heterocycles. The smallest absolute Gasteiger partial charge is 0.243 e. The number of hydrogen-bond donors (Lipinski definition) is 1. The van der Waals surface area contributed by atoms with Crippen LogP contribution in [0.4, 0.5) is 0 Å². The van der Waals surface area contributed by atoms with E-state index in [0.29, 0.717) is 24.5 Å². The second kappa shape index (κ2) is 6.23. The average Bonchev–Trinajstić information content (AvgIpc) is 3.09. The Balaban J connectivity index is 1.81. The van der Waals surface area contributed by atoms with E-state index in [1.54, 1.807) is 28.6 Å². The summed E-state index contributed by atoms with van der Waals surface area (Å²) >= 11 is 0. The van der Waals surface area contributed by atoms with Gasteiger partial charge in [-0.15, -0.1) is 10.2 Å². The van der Waals surface area contributed by atoms with Crippen LogP contribution in [0, 0.1) is 0 Å². The third-order valence-electron chi connectivity index (χ3n) is 4.26. The summed E-state index contributed by atoms with van der Waals surface area (Å²) in [5, 5.41) is 13.7. The molecule has 0 bridgehead atoms. The molecule has 0 atom stereocenters. The van der Waals surface area contributed by atoms with Crippen molar-refractivity contribution in [3.05, 3.63) is 24.3 Å². The Labute approximate surface area is 141 Å². The molecule has 1 N–H and O–H groups in total. The lowest BCUT2D eigenvalue weighted by Crippen LogP contribution is -2.54. The van der Waals surface area contributed by atoms with Crippen LogP contribution in [0.2, 0.25) is 0 Å².